The largest absolute Gasteiger partial charge is 0.319 e. The van der Waals surface area contributed by atoms with Crippen LogP contribution in [0, 0.1) is 0 Å². The summed E-state index contributed by atoms with van der Waals surface area (Å²) >= 11 is 0. The normalized spacial score (nSPS) is 16.1. The van der Waals surface area contributed by atoms with Crippen molar-refractivity contribution in [2.45, 2.75) is 12.6 Å². The lowest BCUT2D eigenvalue weighted by molar-refractivity contribution is 0.171. The van der Waals surface area contributed by atoms with Crippen molar-refractivity contribution in [2.24, 2.45) is 0 Å². The SMILES string of the molecule is CN(Cc1nc2ccccc2[nH]c1=O)C1CNC1. The molecule has 0 bridgehead atoms. The van der Waals surface area contributed by atoms with Crippen LogP contribution in [0.4, 0.5) is 0 Å². The third kappa shape index (κ3) is 2.02. The lowest BCUT2D eigenvalue weighted by Crippen LogP contribution is -2.55. The fourth-order valence-electron chi connectivity index (χ4n) is 2.13. The Morgan fingerprint density at radius 2 is 2.17 bits per heavy atom. The Balaban J connectivity index is 1.91. The lowest BCUT2D eigenvalue weighted by atomic mass is 10.1. The molecule has 1 fully saturated rings. The van der Waals surface area contributed by atoms with Gasteiger partial charge in [0.05, 0.1) is 11.0 Å². The van der Waals surface area contributed by atoms with E-state index in [1.54, 1.807) is 0 Å². The summed E-state index contributed by atoms with van der Waals surface area (Å²) in [6, 6.07) is 8.12. The number of likely N-dealkylation sites (N-methyl/N-ethyl adjacent to an activating group) is 1. The summed E-state index contributed by atoms with van der Waals surface area (Å²) in [5.74, 6) is 0. The van der Waals surface area contributed by atoms with Gasteiger partial charge in [0.25, 0.3) is 5.56 Å². The van der Waals surface area contributed by atoms with Crippen molar-refractivity contribution in [1.82, 2.24) is 20.2 Å². The van der Waals surface area contributed by atoms with E-state index in [1.807, 2.05) is 31.3 Å². The van der Waals surface area contributed by atoms with Crippen LogP contribution in [0.5, 0.6) is 0 Å². The van der Waals surface area contributed by atoms with Crippen molar-refractivity contribution in [3.8, 4) is 0 Å². The van der Waals surface area contributed by atoms with Crippen LogP contribution in [0.1, 0.15) is 5.69 Å². The molecular weight excluding hydrogens is 228 g/mol. The summed E-state index contributed by atoms with van der Waals surface area (Å²) in [7, 11) is 2.03. The van der Waals surface area contributed by atoms with Gasteiger partial charge >= 0.3 is 0 Å². The summed E-state index contributed by atoms with van der Waals surface area (Å²) in [6.07, 6.45) is 0. The van der Waals surface area contributed by atoms with Gasteiger partial charge in [0, 0.05) is 25.7 Å². The zero-order valence-corrected chi connectivity index (χ0v) is 10.3. The minimum absolute atomic E-state index is 0.0900. The van der Waals surface area contributed by atoms with Crippen molar-refractivity contribution < 1.29 is 0 Å². The van der Waals surface area contributed by atoms with Gasteiger partial charge in [0.15, 0.2) is 0 Å². The number of H-pyrrole nitrogens is 1. The van der Waals surface area contributed by atoms with Gasteiger partial charge in [0.2, 0.25) is 0 Å². The zero-order valence-electron chi connectivity index (χ0n) is 10.3. The predicted octanol–water partition coefficient (Wildman–Crippen LogP) is 0.327. The summed E-state index contributed by atoms with van der Waals surface area (Å²) in [4.78, 5) is 21.4. The molecule has 1 aliphatic rings. The molecule has 0 amide bonds. The van der Waals surface area contributed by atoms with E-state index < -0.39 is 0 Å². The first-order valence-corrected chi connectivity index (χ1v) is 6.13. The molecule has 1 saturated heterocycles. The molecule has 94 valence electrons. The maximum absolute atomic E-state index is 11.9. The van der Waals surface area contributed by atoms with Crippen molar-refractivity contribution in [3.63, 3.8) is 0 Å². The molecule has 5 heteroatoms. The molecule has 0 spiro atoms. The van der Waals surface area contributed by atoms with Gasteiger partial charge < -0.3 is 10.3 Å². The third-order valence-electron chi connectivity index (χ3n) is 3.45. The Morgan fingerprint density at radius 1 is 1.39 bits per heavy atom. The number of aromatic amines is 1. The van der Waals surface area contributed by atoms with Crippen LogP contribution in [-0.4, -0.2) is 41.0 Å². The highest BCUT2D eigenvalue weighted by atomic mass is 16.1. The Kier molecular flexibility index (Phi) is 2.85. The molecule has 18 heavy (non-hydrogen) atoms. The van der Waals surface area contributed by atoms with Gasteiger partial charge in [-0.2, -0.15) is 0 Å². The number of benzene rings is 1. The second-order valence-electron chi connectivity index (χ2n) is 4.76. The molecule has 1 aliphatic heterocycles. The van der Waals surface area contributed by atoms with E-state index >= 15 is 0 Å². The predicted molar refractivity (Wildman–Crippen MR) is 70.5 cm³/mol. The monoisotopic (exact) mass is 244 g/mol. The van der Waals surface area contributed by atoms with E-state index in [9.17, 15) is 4.79 Å². The molecule has 0 atom stereocenters. The molecule has 2 heterocycles. The number of nitrogens with zero attached hydrogens (tertiary/aromatic N) is 2. The molecule has 0 saturated carbocycles. The van der Waals surface area contributed by atoms with Crippen molar-refractivity contribution in [1.29, 1.82) is 0 Å². The molecule has 2 aromatic rings. The third-order valence-corrected chi connectivity index (χ3v) is 3.45. The minimum Gasteiger partial charge on any atom is -0.319 e. The highest BCUT2D eigenvalue weighted by molar-refractivity contribution is 5.73. The zero-order chi connectivity index (χ0) is 12.5. The molecule has 5 nitrogen and oxygen atoms in total. The van der Waals surface area contributed by atoms with Gasteiger partial charge in [0.1, 0.15) is 5.69 Å². The number of aromatic nitrogens is 2. The summed E-state index contributed by atoms with van der Waals surface area (Å²) in [5.41, 5.74) is 2.13. The Bertz CT molecular complexity index is 618. The topological polar surface area (TPSA) is 61.0 Å². The summed E-state index contributed by atoms with van der Waals surface area (Å²) in [6.45, 7) is 2.57. The van der Waals surface area contributed by atoms with Crippen molar-refractivity contribution in [3.05, 3.63) is 40.3 Å². The quantitative estimate of drug-likeness (QED) is 0.816. The van der Waals surface area contributed by atoms with Crippen LogP contribution in [0.2, 0.25) is 0 Å². The average molecular weight is 244 g/mol. The molecule has 0 radical (unpaired) electrons. The molecule has 0 aliphatic carbocycles. The van der Waals surface area contributed by atoms with Gasteiger partial charge in [-0.3, -0.25) is 9.69 Å². The van der Waals surface area contributed by atoms with E-state index in [2.05, 4.69) is 20.2 Å². The van der Waals surface area contributed by atoms with Crippen molar-refractivity contribution in [2.75, 3.05) is 20.1 Å². The number of fused-ring (bicyclic) bond motifs is 1. The number of hydrogen-bond donors (Lipinski definition) is 2. The second-order valence-corrected chi connectivity index (χ2v) is 4.76. The molecule has 1 aromatic carbocycles. The van der Waals surface area contributed by atoms with Gasteiger partial charge in [-0.25, -0.2) is 4.98 Å². The van der Waals surface area contributed by atoms with Gasteiger partial charge in [-0.15, -0.1) is 0 Å². The second kappa shape index (κ2) is 4.51. The van der Waals surface area contributed by atoms with Crippen LogP contribution in [0.15, 0.2) is 29.1 Å². The standard InChI is InChI=1S/C13H16N4O/c1-17(9-6-14-7-9)8-12-13(18)16-11-5-3-2-4-10(11)15-12/h2-5,9,14H,6-8H2,1H3,(H,16,18). The highest BCUT2D eigenvalue weighted by Crippen LogP contribution is 2.09. The van der Waals surface area contributed by atoms with Crippen molar-refractivity contribution >= 4 is 11.0 Å². The van der Waals surface area contributed by atoms with E-state index in [-0.39, 0.29) is 5.56 Å². The van der Waals surface area contributed by atoms with Crippen LogP contribution < -0.4 is 10.9 Å². The van der Waals surface area contributed by atoms with Crippen LogP contribution in [0.25, 0.3) is 11.0 Å². The number of para-hydroxylation sites is 2. The van der Waals surface area contributed by atoms with Crippen LogP contribution in [0.3, 0.4) is 0 Å². The Labute approximate surface area is 105 Å². The number of rotatable bonds is 3. The fourth-order valence-corrected chi connectivity index (χ4v) is 2.13. The van der Waals surface area contributed by atoms with E-state index in [1.165, 1.54) is 0 Å². The van der Waals surface area contributed by atoms with Gasteiger partial charge in [-0.05, 0) is 19.2 Å². The van der Waals surface area contributed by atoms with E-state index in [0.29, 0.717) is 18.3 Å². The smallest absolute Gasteiger partial charge is 0.271 e. The Hall–Kier alpha value is -1.72. The van der Waals surface area contributed by atoms with E-state index in [4.69, 9.17) is 0 Å². The number of nitrogens with one attached hydrogen (secondary N) is 2. The molecule has 3 rings (SSSR count). The first kappa shape index (κ1) is 11.4. The average Bonchev–Trinajstić information content (AvgIpc) is 2.27. The highest BCUT2D eigenvalue weighted by Gasteiger charge is 2.22. The molecule has 0 unspecified atom stereocenters. The van der Waals surface area contributed by atoms with Crippen LogP contribution >= 0.6 is 0 Å². The fraction of sp³-hybridized carbons (Fsp3) is 0.385. The first-order valence-electron chi connectivity index (χ1n) is 6.13. The Morgan fingerprint density at radius 3 is 2.89 bits per heavy atom. The summed E-state index contributed by atoms with van der Waals surface area (Å²) in [5, 5.41) is 3.22. The van der Waals surface area contributed by atoms with Gasteiger partial charge in [-0.1, -0.05) is 12.1 Å². The molecular formula is C13H16N4O. The first-order chi connectivity index (χ1) is 8.74. The maximum atomic E-state index is 11.9. The summed E-state index contributed by atoms with van der Waals surface area (Å²) < 4.78 is 0. The van der Waals surface area contributed by atoms with Crippen LogP contribution in [-0.2, 0) is 6.54 Å². The number of hydrogen-bond acceptors (Lipinski definition) is 4. The lowest BCUT2D eigenvalue weighted by Gasteiger charge is -2.35. The maximum Gasteiger partial charge on any atom is 0.271 e. The minimum atomic E-state index is -0.0900. The molecule has 1 aromatic heterocycles. The van der Waals surface area contributed by atoms with E-state index in [0.717, 1.165) is 24.1 Å². The molecule has 2 N–H and O–H groups in total.